The molecule has 3 rings (SSSR count). The summed E-state index contributed by atoms with van der Waals surface area (Å²) in [6.45, 7) is 9.42. The van der Waals surface area contributed by atoms with Gasteiger partial charge in [0, 0.05) is 20.5 Å². The monoisotopic (exact) mass is 611 g/mol. The lowest BCUT2D eigenvalue weighted by Gasteiger charge is -2.21. The normalized spacial score (nSPS) is 12.8. The molecule has 1 atom stereocenters. The van der Waals surface area contributed by atoms with Gasteiger partial charge in [0.1, 0.15) is 11.6 Å². The molecule has 0 aliphatic carbocycles. The van der Waals surface area contributed by atoms with Crippen LogP contribution in [0.3, 0.4) is 0 Å². The maximum absolute atomic E-state index is 13.4. The second kappa shape index (κ2) is 10.6. The lowest BCUT2D eigenvalue weighted by Crippen LogP contribution is -2.29. The highest BCUT2D eigenvalue weighted by Crippen LogP contribution is 2.33. The average Bonchev–Trinajstić information content (AvgIpc) is 2.74. The van der Waals surface area contributed by atoms with Crippen LogP contribution in [0.15, 0.2) is 49.2 Å². The van der Waals surface area contributed by atoms with E-state index in [4.69, 9.17) is 26.1 Å². The van der Waals surface area contributed by atoms with E-state index in [2.05, 4.69) is 37.0 Å². The summed E-state index contributed by atoms with van der Waals surface area (Å²) < 4.78 is 13.5. The molecule has 1 aromatic heterocycles. The SMILES string of the molecule is CCOC(=O)[C@@H](C)Oc1c(Br)cc(Cl)cc1C=Nn1c(C(C)(C)C)nc2ccc(Br)cc2c1=O. The Bertz CT molecular complexity index is 1330. The second-order valence-electron chi connectivity index (χ2n) is 8.53. The van der Waals surface area contributed by atoms with Gasteiger partial charge in [-0.3, -0.25) is 4.79 Å². The molecule has 7 nitrogen and oxygen atoms in total. The third-order valence-electron chi connectivity index (χ3n) is 4.74. The molecule has 0 N–H and O–H groups in total. The molecule has 34 heavy (non-hydrogen) atoms. The predicted octanol–water partition coefficient (Wildman–Crippen LogP) is 6.09. The first-order valence-electron chi connectivity index (χ1n) is 10.5. The molecule has 0 radical (unpaired) electrons. The molecular weight excluding hydrogens is 590 g/mol. The predicted molar refractivity (Wildman–Crippen MR) is 141 cm³/mol. The Labute approximate surface area is 219 Å². The third-order valence-corrected chi connectivity index (χ3v) is 6.04. The van der Waals surface area contributed by atoms with Gasteiger partial charge in [-0.25, -0.2) is 9.78 Å². The molecule has 180 valence electrons. The summed E-state index contributed by atoms with van der Waals surface area (Å²) in [6, 6.07) is 8.63. The van der Waals surface area contributed by atoms with Gasteiger partial charge >= 0.3 is 5.97 Å². The standard InChI is InChI=1S/C24H24Br2ClN3O4/c1-6-33-22(32)13(2)34-20-14(9-16(27)11-18(20)26)12-28-30-21(31)17-10-15(25)7-8-19(17)29-23(30)24(3,4)5/h7-13H,6H2,1-5H3/t13-/m1/s1. The van der Waals surface area contributed by atoms with Crippen LogP contribution < -0.4 is 10.3 Å². The van der Waals surface area contributed by atoms with E-state index in [1.165, 1.54) is 10.9 Å². The average molecular weight is 614 g/mol. The van der Waals surface area contributed by atoms with Crippen molar-refractivity contribution in [3.8, 4) is 5.75 Å². The van der Waals surface area contributed by atoms with Crippen molar-refractivity contribution in [3.63, 3.8) is 0 Å². The third kappa shape index (κ3) is 5.87. The summed E-state index contributed by atoms with van der Waals surface area (Å²) in [6.07, 6.45) is 0.600. The zero-order valence-corrected chi connectivity index (χ0v) is 23.3. The van der Waals surface area contributed by atoms with Crippen molar-refractivity contribution in [2.24, 2.45) is 5.10 Å². The van der Waals surface area contributed by atoms with E-state index < -0.39 is 17.5 Å². The fourth-order valence-corrected chi connectivity index (χ4v) is 4.43. The Morgan fingerprint density at radius 1 is 1.26 bits per heavy atom. The van der Waals surface area contributed by atoms with Gasteiger partial charge in [0.15, 0.2) is 6.10 Å². The number of aromatic nitrogens is 2. The van der Waals surface area contributed by atoms with Gasteiger partial charge in [0.2, 0.25) is 0 Å². The number of ether oxygens (including phenoxy) is 2. The maximum atomic E-state index is 13.4. The van der Waals surface area contributed by atoms with E-state index >= 15 is 0 Å². The van der Waals surface area contributed by atoms with Crippen molar-refractivity contribution in [2.75, 3.05) is 6.61 Å². The summed E-state index contributed by atoms with van der Waals surface area (Å²) in [5.74, 6) is 0.338. The van der Waals surface area contributed by atoms with Crippen LogP contribution in [0.5, 0.6) is 5.75 Å². The quantitative estimate of drug-likeness (QED) is 0.249. The molecule has 0 saturated heterocycles. The molecule has 0 saturated carbocycles. The Morgan fingerprint density at radius 3 is 2.62 bits per heavy atom. The van der Waals surface area contributed by atoms with Crippen LogP contribution >= 0.6 is 43.5 Å². The van der Waals surface area contributed by atoms with E-state index in [1.807, 2.05) is 26.8 Å². The lowest BCUT2D eigenvalue weighted by atomic mass is 9.95. The summed E-state index contributed by atoms with van der Waals surface area (Å²) in [5, 5.41) is 5.33. The van der Waals surface area contributed by atoms with Gasteiger partial charge in [0.05, 0.1) is 28.2 Å². The molecule has 0 bridgehead atoms. The smallest absolute Gasteiger partial charge is 0.347 e. The molecule has 3 aromatic rings. The Balaban J connectivity index is 2.15. The molecule has 0 aliphatic rings. The first-order chi connectivity index (χ1) is 15.9. The molecule has 0 aliphatic heterocycles. The summed E-state index contributed by atoms with van der Waals surface area (Å²) in [4.78, 5) is 30.2. The number of esters is 1. The van der Waals surface area contributed by atoms with E-state index in [1.54, 1.807) is 38.1 Å². The minimum atomic E-state index is -0.864. The first kappa shape index (κ1) is 26.4. The van der Waals surface area contributed by atoms with E-state index in [9.17, 15) is 9.59 Å². The fourth-order valence-electron chi connectivity index (χ4n) is 3.15. The molecule has 1 heterocycles. The Kier molecular flexibility index (Phi) is 8.21. The van der Waals surface area contributed by atoms with Crippen LogP contribution in [0.1, 0.15) is 46.0 Å². The largest absolute Gasteiger partial charge is 0.477 e. The number of benzene rings is 2. The number of carbonyl (C=O) groups excluding carboxylic acids is 1. The number of halogens is 3. The van der Waals surface area contributed by atoms with Crippen LogP contribution in [0.25, 0.3) is 10.9 Å². The summed E-state index contributed by atoms with van der Waals surface area (Å²) in [5.41, 5.74) is 0.277. The van der Waals surface area contributed by atoms with Crippen LogP contribution in [-0.4, -0.2) is 34.6 Å². The molecule has 0 unspecified atom stereocenters. The number of nitrogens with zero attached hydrogens (tertiary/aromatic N) is 3. The number of carbonyl (C=O) groups is 1. The van der Waals surface area contributed by atoms with E-state index in [0.29, 0.717) is 37.5 Å². The maximum Gasteiger partial charge on any atom is 0.347 e. The van der Waals surface area contributed by atoms with Crippen LogP contribution in [0, 0.1) is 0 Å². The van der Waals surface area contributed by atoms with Gasteiger partial charge in [-0.05, 0) is 60.1 Å². The van der Waals surface area contributed by atoms with Gasteiger partial charge < -0.3 is 9.47 Å². The van der Waals surface area contributed by atoms with Gasteiger partial charge in [-0.2, -0.15) is 9.78 Å². The number of fused-ring (bicyclic) bond motifs is 1. The zero-order valence-electron chi connectivity index (χ0n) is 19.4. The highest BCUT2D eigenvalue weighted by molar-refractivity contribution is 9.10. The van der Waals surface area contributed by atoms with Crippen molar-refractivity contribution in [1.29, 1.82) is 0 Å². The van der Waals surface area contributed by atoms with Crippen molar-refractivity contribution >= 4 is 66.5 Å². The highest BCUT2D eigenvalue weighted by atomic mass is 79.9. The van der Waals surface area contributed by atoms with Gasteiger partial charge in [0.25, 0.3) is 5.56 Å². The molecule has 0 fully saturated rings. The van der Waals surface area contributed by atoms with E-state index in [0.717, 1.165) is 4.47 Å². The first-order valence-corrected chi connectivity index (χ1v) is 12.5. The Hall–Kier alpha value is -2.23. The summed E-state index contributed by atoms with van der Waals surface area (Å²) in [7, 11) is 0. The summed E-state index contributed by atoms with van der Waals surface area (Å²) >= 11 is 13.1. The van der Waals surface area contributed by atoms with Gasteiger partial charge in [-0.1, -0.05) is 48.3 Å². The molecule has 2 aromatic carbocycles. The Morgan fingerprint density at radius 2 is 1.97 bits per heavy atom. The van der Waals surface area contributed by atoms with Crippen LogP contribution in [0.4, 0.5) is 0 Å². The van der Waals surface area contributed by atoms with Crippen LogP contribution in [0.2, 0.25) is 5.02 Å². The topological polar surface area (TPSA) is 82.8 Å². The minimum absolute atomic E-state index is 0.242. The fraction of sp³-hybridized carbons (Fsp3) is 0.333. The van der Waals surface area contributed by atoms with E-state index in [-0.39, 0.29) is 12.2 Å². The molecular formula is C24H24Br2ClN3O4. The van der Waals surface area contributed by atoms with Crippen LogP contribution in [-0.2, 0) is 14.9 Å². The number of hydrogen-bond donors (Lipinski definition) is 0. The van der Waals surface area contributed by atoms with Crippen molar-refractivity contribution < 1.29 is 14.3 Å². The van der Waals surface area contributed by atoms with Gasteiger partial charge in [-0.15, -0.1) is 0 Å². The highest BCUT2D eigenvalue weighted by Gasteiger charge is 2.24. The number of rotatable bonds is 6. The zero-order chi connectivity index (χ0) is 25.2. The molecule has 10 heteroatoms. The number of hydrogen-bond acceptors (Lipinski definition) is 6. The van der Waals surface area contributed by atoms with Crippen molar-refractivity contribution in [1.82, 2.24) is 9.66 Å². The lowest BCUT2D eigenvalue weighted by molar-refractivity contribution is -0.150. The molecule has 0 amide bonds. The molecule has 0 spiro atoms. The second-order valence-corrected chi connectivity index (χ2v) is 10.7. The van der Waals surface area contributed by atoms with Crippen molar-refractivity contribution in [2.45, 2.75) is 46.1 Å². The minimum Gasteiger partial charge on any atom is -0.477 e. The van der Waals surface area contributed by atoms with Crippen molar-refractivity contribution in [3.05, 3.63) is 66.0 Å².